The number of rotatable bonds is 6. The predicted molar refractivity (Wildman–Crippen MR) is 89.1 cm³/mol. The first-order valence-corrected chi connectivity index (χ1v) is 7.68. The molecule has 22 heavy (non-hydrogen) atoms. The molecular formula is C18H23N3O. The Labute approximate surface area is 131 Å². The number of hydrogen-bond acceptors (Lipinski definition) is 3. The molecule has 3 N–H and O–H groups in total. The van der Waals surface area contributed by atoms with Crippen LogP contribution in [0.1, 0.15) is 38.3 Å². The highest BCUT2D eigenvalue weighted by molar-refractivity contribution is 5.81. The third-order valence-electron chi connectivity index (χ3n) is 3.70. The quantitative estimate of drug-likeness (QED) is 0.861. The molecular weight excluding hydrogens is 274 g/mol. The van der Waals surface area contributed by atoms with E-state index in [1.54, 1.807) is 6.20 Å². The number of carbonyl (C=O) groups is 1. The summed E-state index contributed by atoms with van der Waals surface area (Å²) in [6.45, 7) is 3.99. The van der Waals surface area contributed by atoms with Crippen LogP contribution >= 0.6 is 0 Å². The second-order valence-corrected chi connectivity index (χ2v) is 5.49. The molecule has 0 spiro atoms. The number of benzene rings is 1. The molecule has 1 heterocycles. The van der Waals surface area contributed by atoms with Crippen LogP contribution in [0.5, 0.6) is 0 Å². The Morgan fingerprint density at radius 2 is 1.95 bits per heavy atom. The number of nitrogens with two attached hydrogens (primary N) is 1. The van der Waals surface area contributed by atoms with Crippen molar-refractivity contribution in [2.75, 3.05) is 0 Å². The van der Waals surface area contributed by atoms with Gasteiger partial charge in [0.25, 0.3) is 0 Å². The molecule has 2 atom stereocenters. The average molecular weight is 297 g/mol. The van der Waals surface area contributed by atoms with Crippen molar-refractivity contribution in [3.8, 4) is 11.1 Å². The van der Waals surface area contributed by atoms with E-state index < -0.39 is 6.04 Å². The van der Waals surface area contributed by atoms with Crippen molar-refractivity contribution < 1.29 is 4.79 Å². The lowest BCUT2D eigenvalue weighted by Crippen LogP contribution is -2.41. The number of carbonyl (C=O) groups excluding carboxylic acids is 1. The number of amides is 1. The predicted octanol–water partition coefficient (Wildman–Crippen LogP) is 3.05. The van der Waals surface area contributed by atoms with Crippen molar-refractivity contribution in [2.24, 2.45) is 5.73 Å². The van der Waals surface area contributed by atoms with Gasteiger partial charge in [-0.2, -0.15) is 0 Å². The number of nitrogens with one attached hydrogen (secondary N) is 1. The van der Waals surface area contributed by atoms with Crippen molar-refractivity contribution in [3.05, 3.63) is 54.4 Å². The van der Waals surface area contributed by atoms with E-state index in [1.807, 2.05) is 56.4 Å². The normalized spacial score (nSPS) is 13.4. The average Bonchev–Trinajstić information content (AvgIpc) is 2.56. The molecule has 1 aromatic carbocycles. The minimum Gasteiger partial charge on any atom is -0.348 e. The van der Waals surface area contributed by atoms with E-state index in [2.05, 4.69) is 10.3 Å². The maximum atomic E-state index is 12.0. The maximum Gasteiger partial charge on any atom is 0.237 e. The van der Waals surface area contributed by atoms with E-state index in [4.69, 9.17) is 5.73 Å². The largest absolute Gasteiger partial charge is 0.348 e. The van der Waals surface area contributed by atoms with Crippen LogP contribution in [-0.2, 0) is 4.79 Å². The van der Waals surface area contributed by atoms with Crippen molar-refractivity contribution in [1.29, 1.82) is 0 Å². The Bertz CT molecular complexity index is 595. The van der Waals surface area contributed by atoms with Crippen LogP contribution in [0.3, 0.4) is 0 Å². The van der Waals surface area contributed by atoms with Crippen LogP contribution < -0.4 is 11.1 Å². The van der Waals surface area contributed by atoms with Crippen molar-refractivity contribution in [1.82, 2.24) is 10.3 Å². The molecule has 0 aliphatic rings. The van der Waals surface area contributed by atoms with E-state index in [0.717, 1.165) is 23.1 Å². The van der Waals surface area contributed by atoms with Gasteiger partial charge in [-0.1, -0.05) is 43.7 Å². The zero-order valence-corrected chi connectivity index (χ0v) is 13.1. The Kier molecular flexibility index (Phi) is 5.67. The van der Waals surface area contributed by atoms with Gasteiger partial charge in [0, 0.05) is 12.4 Å². The molecule has 0 aliphatic carbocycles. The van der Waals surface area contributed by atoms with Gasteiger partial charge in [-0.3, -0.25) is 9.78 Å². The first kappa shape index (κ1) is 16.2. The third kappa shape index (κ3) is 4.15. The summed E-state index contributed by atoms with van der Waals surface area (Å²) in [5.41, 5.74) is 9.08. The minimum absolute atomic E-state index is 0.0571. The molecule has 2 unspecified atom stereocenters. The number of nitrogens with zero attached hydrogens (tertiary/aromatic N) is 1. The Balaban J connectivity index is 2.02. The SMILES string of the molecule is CCCC(N)C(=O)NC(C)c1ccc(-c2cccnc2)cc1. The standard InChI is InChI=1S/C18H23N3O/c1-3-5-17(19)18(22)21-13(2)14-7-9-15(10-8-14)16-6-4-11-20-12-16/h4,6-13,17H,3,5,19H2,1-2H3,(H,21,22). The van der Waals surface area contributed by atoms with E-state index in [1.165, 1.54) is 0 Å². The Morgan fingerprint density at radius 1 is 1.23 bits per heavy atom. The fraction of sp³-hybridized carbons (Fsp3) is 0.333. The van der Waals surface area contributed by atoms with Crippen LogP contribution in [0, 0.1) is 0 Å². The topological polar surface area (TPSA) is 68.0 Å². The molecule has 1 aromatic heterocycles. The van der Waals surface area contributed by atoms with Crippen LogP contribution in [0.4, 0.5) is 0 Å². The van der Waals surface area contributed by atoms with E-state index >= 15 is 0 Å². The van der Waals surface area contributed by atoms with Crippen LogP contribution in [-0.4, -0.2) is 16.9 Å². The van der Waals surface area contributed by atoms with Gasteiger partial charge in [-0.05, 0) is 36.1 Å². The van der Waals surface area contributed by atoms with Crippen LogP contribution in [0.2, 0.25) is 0 Å². The number of pyridine rings is 1. The molecule has 2 aromatic rings. The molecule has 0 bridgehead atoms. The van der Waals surface area contributed by atoms with Crippen molar-refractivity contribution in [2.45, 2.75) is 38.8 Å². The molecule has 4 nitrogen and oxygen atoms in total. The first-order valence-electron chi connectivity index (χ1n) is 7.68. The molecule has 4 heteroatoms. The number of aromatic nitrogens is 1. The third-order valence-corrected chi connectivity index (χ3v) is 3.70. The molecule has 2 rings (SSSR count). The van der Waals surface area contributed by atoms with Gasteiger partial charge in [0.2, 0.25) is 5.91 Å². The fourth-order valence-electron chi connectivity index (χ4n) is 2.34. The summed E-state index contributed by atoms with van der Waals surface area (Å²) in [7, 11) is 0. The zero-order valence-electron chi connectivity index (χ0n) is 13.1. The molecule has 0 fully saturated rings. The van der Waals surface area contributed by atoms with Gasteiger partial charge in [-0.25, -0.2) is 0 Å². The van der Waals surface area contributed by atoms with E-state index in [9.17, 15) is 4.79 Å². The van der Waals surface area contributed by atoms with Gasteiger partial charge in [0.05, 0.1) is 12.1 Å². The lowest BCUT2D eigenvalue weighted by atomic mass is 10.0. The summed E-state index contributed by atoms with van der Waals surface area (Å²) in [6, 6.07) is 11.6. The summed E-state index contributed by atoms with van der Waals surface area (Å²) in [5, 5.41) is 2.96. The van der Waals surface area contributed by atoms with E-state index in [-0.39, 0.29) is 11.9 Å². The second kappa shape index (κ2) is 7.71. The Morgan fingerprint density at radius 3 is 2.55 bits per heavy atom. The molecule has 0 aliphatic heterocycles. The van der Waals surface area contributed by atoms with E-state index in [0.29, 0.717) is 6.42 Å². The van der Waals surface area contributed by atoms with Crippen LogP contribution in [0.15, 0.2) is 48.8 Å². The summed E-state index contributed by atoms with van der Waals surface area (Å²) >= 11 is 0. The zero-order chi connectivity index (χ0) is 15.9. The number of hydrogen-bond donors (Lipinski definition) is 2. The second-order valence-electron chi connectivity index (χ2n) is 5.49. The van der Waals surface area contributed by atoms with Gasteiger partial charge >= 0.3 is 0 Å². The Hall–Kier alpha value is -2.20. The lowest BCUT2D eigenvalue weighted by Gasteiger charge is -2.18. The van der Waals surface area contributed by atoms with Gasteiger partial charge < -0.3 is 11.1 Å². The highest BCUT2D eigenvalue weighted by atomic mass is 16.2. The minimum atomic E-state index is -0.429. The fourth-order valence-corrected chi connectivity index (χ4v) is 2.34. The molecule has 0 radical (unpaired) electrons. The molecule has 1 amide bonds. The van der Waals surface area contributed by atoms with Gasteiger partial charge in [-0.15, -0.1) is 0 Å². The smallest absolute Gasteiger partial charge is 0.237 e. The van der Waals surface area contributed by atoms with Crippen molar-refractivity contribution >= 4 is 5.91 Å². The first-order chi connectivity index (χ1) is 10.6. The molecule has 0 saturated carbocycles. The van der Waals surface area contributed by atoms with Gasteiger partial charge in [0.1, 0.15) is 0 Å². The monoisotopic (exact) mass is 297 g/mol. The summed E-state index contributed by atoms with van der Waals surface area (Å²) in [6.07, 6.45) is 5.21. The van der Waals surface area contributed by atoms with Crippen molar-refractivity contribution in [3.63, 3.8) is 0 Å². The lowest BCUT2D eigenvalue weighted by molar-refractivity contribution is -0.123. The molecule has 116 valence electrons. The summed E-state index contributed by atoms with van der Waals surface area (Å²) in [4.78, 5) is 16.1. The highest BCUT2D eigenvalue weighted by Crippen LogP contribution is 2.21. The maximum absolute atomic E-state index is 12.0. The summed E-state index contributed by atoms with van der Waals surface area (Å²) in [5.74, 6) is -0.0920. The van der Waals surface area contributed by atoms with Crippen LogP contribution in [0.25, 0.3) is 11.1 Å². The summed E-state index contributed by atoms with van der Waals surface area (Å²) < 4.78 is 0. The van der Waals surface area contributed by atoms with Gasteiger partial charge in [0.15, 0.2) is 0 Å². The highest BCUT2D eigenvalue weighted by Gasteiger charge is 2.15. The molecule has 0 saturated heterocycles.